The van der Waals surface area contributed by atoms with E-state index in [2.05, 4.69) is 0 Å². The van der Waals surface area contributed by atoms with Gasteiger partial charge in [-0.2, -0.15) is 0 Å². The minimum absolute atomic E-state index is 0.102. The van der Waals surface area contributed by atoms with Gasteiger partial charge < -0.3 is 19.7 Å². The van der Waals surface area contributed by atoms with Crippen molar-refractivity contribution < 1.29 is 28.9 Å². The van der Waals surface area contributed by atoms with E-state index in [-0.39, 0.29) is 16.8 Å². The van der Waals surface area contributed by atoms with Gasteiger partial charge in [0.1, 0.15) is 17.3 Å². The van der Waals surface area contributed by atoms with Gasteiger partial charge in [0.25, 0.3) is 0 Å². The molecule has 0 saturated carbocycles. The number of carbonyl (C=O) groups excluding carboxylic acids is 1. The molecule has 0 aliphatic rings. The van der Waals surface area contributed by atoms with Crippen LogP contribution in [-0.4, -0.2) is 34.8 Å². The first kappa shape index (κ1) is 21.0. The minimum Gasteiger partial charge on any atom is -0.503 e. The lowest BCUT2D eigenvalue weighted by Gasteiger charge is -2.13. The van der Waals surface area contributed by atoms with Gasteiger partial charge in [-0.3, -0.25) is 9.36 Å². The van der Waals surface area contributed by atoms with E-state index in [1.165, 1.54) is 43.1 Å². The molecule has 0 amide bonds. The normalized spacial score (nSPS) is 10.7. The lowest BCUT2D eigenvalue weighted by Crippen LogP contribution is -2.05. The molecule has 7 heteroatoms. The summed E-state index contributed by atoms with van der Waals surface area (Å²) in [6, 6.07) is 18.6. The van der Waals surface area contributed by atoms with Crippen molar-refractivity contribution in [3.8, 4) is 40.1 Å². The van der Waals surface area contributed by atoms with Gasteiger partial charge in [0.15, 0.2) is 11.5 Å². The molecule has 0 saturated heterocycles. The lowest BCUT2D eigenvalue weighted by molar-refractivity contribution is 0.103. The molecule has 0 unspecified atom stereocenters. The molecule has 0 aliphatic carbocycles. The molecule has 1 aromatic heterocycles. The summed E-state index contributed by atoms with van der Waals surface area (Å²) in [6.45, 7) is 0. The van der Waals surface area contributed by atoms with Gasteiger partial charge in [-0.25, -0.2) is 4.39 Å². The fraction of sp³-hybridized carbons (Fsp3) is 0.0800. The van der Waals surface area contributed by atoms with E-state index in [4.69, 9.17) is 9.47 Å². The van der Waals surface area contributed by atoms with Crippen LogP contribution in [0, 0.1) is 5.82 Å². The second-order valence-electron chi connectivity index (χ2n) is 6.99. The summed E-state index contributed by atoms with van der Waals surface area (Å²) >= 11 is 0. The third-order valence-corrected chi connectivity index (χ3v) is 5.15. The number of hydrogen-bond acceptors (Lipinski definition) is 5. The highest BCUT2D eigenvalue weighted by Gasteiger charge is 2.30. The van der Waals surface area contributed by atoms with Crippen LogP contribution in [0.15, 0.2) is 72.8 Å². The molecule has 162 valence electrons. The fourth-order valence-electron chi connectivity index (χ4n) is 3.51. The maximum atomic E-state index is 13.6. The number of aromatic nitrogens is 1. The molecule has 4 aromatic rings. The average Bonchev–Trinajstić information content (AvgIpc) is 3.09. The van der Waals surface area contributed by atoms with Crippen LogP contribution in [0.25, 0.3) is 16.9 Å². The summed E-state index contributed by atoms with van der Waals surface area (Å²) in [5.41, 5.74) is 1.33. The van der Waals surface area contributed by atoms with Gasteiger partial charge in [0.2, 0.25) is 5.88 Å². The highest BCUT2D eigenvalue weighted by atomic mass is 19.1. The van der Waals surface area contributed by atoms with E-state index in [9.17, 15) is 19.4 Å². The van der Waals surface area contributed by atoms with Crippen LogP contribution in [0.5, 0.6) is 23.1 Å². The summed E-state index contributed by atoms with van der Waals surface area (Å²) < 4.78 is 25.2. The summed E-state index contributed by atoms with van der Waals surface area (Å²) in [5.74, 6) is -0.863. The Labute approximate surface area is 183 Å². The van der Waals surface area contributed by atoms with Crippen LogP contribution in [0.3, 0.4) is 0 Å². The first-order chi connectivity index (χ1) is 15.4. The van der Waals surface area contributed by atoms with Crippen LogP contribution < -0.4 is 9.47 Å². The molecule has 6 nitrogen and oxygen atoms in total. The molecule has 0 bridgehead atoms. The standard InChI is InChI=1S/C25H20FNO5/c1-31-19-11-5-16(6-12-19)23(28)21-22(15-3-7-17(26)8-4-15)27(25(30)24(21)29)18-9-13-20(32-2)14-10-18/h3-14,29-30H,1-2H3. The zero-order chi connectivity index (χ0) is 22.8. The highest BCUT2D eigenvalue weighted by molar-refractivity contribution is 6.15. The largest absolute Gasteiger partial charge is 0.503 e. The summed E-state index contributed by atoms with van der Waals surface area (Å²) in [5, 5.41) is 21.6. The maximum Gasteiger partial charge on any atom is 0.240 e. The Kier molecular flexibility index (Phi) is 5.55. The number of methoxy groups -OCH3 is 2. The summed E-state index contributed by atoms with van der Waals surface area (Å²) in [7, 11) is 3.05. The molecule has 32 heavy (non-hydrogen) atoms. The SMILES string of the molecule is COc1ccc(C(=O)c2c(O)c(O)n(-c3ccc(OC)cc3)c2-c2ccc(F)cc2)cc1. The molecule has 3 aromatic carbocycles. The summed E-state index contributed by atoms with van der Waals surface area (Å²) in [6.07, 6.45) is 0. The Morgan fingerprint density at radius 3 is 1.88 bits per heavy atom. The van der Waals surface area contributed by atoms with Crippen molar-refractivity contribution in [1.29, 1.82) is 0 Å². The number of aromatic hydroxyl groups is 2. The van der Waals surface area contributed by atoms with Crippen molar-refractivity contribution in [3.63, 3.8) is 0 Å². The third-order valence-electron chi connectivity index (χ3n) is 5.15. The number of ketones is 1. The summed E-state index contributed by atoms with van der Waals surface area (Å²) in [4.78, 5) is 13.4. The Hall–Kier alpha value is -4.26. The predicted molar refractivity (Wildman–Crippen MR) is 117 cm³/mol. The minimum atomic E-state index is -0.569. The van der Waals surface area contributed by atoms with E-state index in [0.717, 1.165) is 0 Å². The number of halogens is 1. The molecule has 1 heterocycles. The Bertz CT molecular complexity index is 1260. The predicted octanol–water partition coefficient (Wildman–Crippen LogP) is 4.94. The van der Waals surface area contributed by atoms with Crippen LogP contribution in [0.1, 0.15) is 15.9 Å². The average molecular weight is 433 g/mol. The topological polar surface area (TPSA) is 80.9 Å². The number of hydrogen-bond donors (Lipinski definition) is 2. The highest BCUT2D eigenvalue weighted by Crippen LogP contribution is 2.44. The van der Waals surface area contributed by atoms with Crippen LogP contribution in [0.2, 0.25) is 0 Å². The second-order valence-corrected chi connectivity index (χ2v) is 6.99. The number of benzene rings is 3. The van der Waals surface area contributed by atoms with Crippen molar-refractivity contribution in [3.05, 3.63) is 89.7 Å². The van der Waals surface area contributed by atoms with Crippen molar-refractivity contribution in [1.82, 2.24) is 4.57 Å². The zero-order valence-electron chi connectivity index (χ0n) is 17.4. The monoisotopic (exact) mass is 433 g/mol. The van der Waals surface area contributed by atoms with E-state index < -0.39 is 23.2 Å². The molecule has 0 fully saturated rings. The van der Waals surface area contributed by atoms with E-state index in [1.807, 2.05) is 0 Å². The van der Waals surface area contributed by atoms with Gasteiger partial charge in [0.05, 0.1) is 25.5 Å². The Morgan fingerprint density at radius 2 is 1.34 bits per heavy atom. The van der Waals surface area contributed by atoms with Gasteiger partial charge in [-0.1, -0.05) is 0 Å². The van der Waals surface area contributed by atoms with Gasteiger partial charge in [0, 0.05) is 11.3 Å². The molecule has 4 rings (SSSR count). The third kappa shape index (κ3) is 3.65. The first-order valence-corrected chi connectivity index (χ1v) is 9.70. The van der Waals surface area contributed by atoms with Gasteiger partial charge in [-0.15, -0.1) is 0 Å². The number of ether oxygens (including phenoxy) is 2. The van der Waals surface area contributed by atoms with E-state index in [0.29, 0.717) is 22.7 Å². The maximum absolute atomic E-state index is 13.6. The molecule has 0 radical (unpaired) electrons. The fourth-order valence-corrected chi connectivity index (χ4v) is 3.51. The van der Waals surface area contributed by atoms with Crippen LogP contribution in [-0.2, 0) is 0 Å². The Balaban J connectivity index is 1.96. The molecule has 2 N–H and O–H groups in total. The van der Waals surface area contributed by atoms with E-state index in [1.54, 1.807) is 48.5 Å². The quantitative estimate of drug-likeness (QED) is 0.421. The molecule has 0 atom stereocenters. The molecule has 0 spiro atoms. The zero-order valence-corrected chi connectivity index (χ0v) is 17.4. The molecular formula is C25H20FNO5. The molecule has 0 aliphatic heterocycles. The number of rotatable bonds is 6. The smallest absolute Gasteiger partial charge is 0.240 e. The van der Waals surface area contributed by atoms with Crippen molar-refractivity contribution in [2.45, 2.75) is 0 Å². The first-order valence-electron chi connectivity index (χ1n) is 9.70. The number of nitrogens with zero attached hydrogens (tertiary/aromatic N) is 1. The van der Waals surface area contributed by atoms with Gasteiger partial charge in [-0.05, 0) is 78.4 Å². The second kappa shape index (κ2) is 8.47. The Morgan fingerprint density at radius 1 is 0.812 bits per heavy atom. The van der Waals surface area contributed by atoms with Crippen molar-refractivity contribution >= 4 is 5.78 Å². The van der Waals surface area contributed by atoms with Crippen LogP contribution >= 0.6 is 0 Å². The van der Waals surface area contributed by atoms with Crippen molar-refractivity contribution in [2.75, 3.05) is 14.2 Å². The van der Waals surface area contributed by atoms with Gasteiger partial charge >= 0.3 is 0 Å². The lowest BCUT2D eigenvalue weighted by atomic mass is 9.99. The number of carbonyl (C=O) groups is 1. The van der Waals surface area contributed by atoms with E-state index >= 15 is 0 Å². The van der Waals surface area contributed by atoms with Crippen molar-refractivity contribution in [2.24, 2.45) is 0 Å². The van der Waals surface area contributed by atoms with Crippen LogP contribution in [0.4, 0.5) is 4.39 Å². The molecular weight excluding hydrogens is 413 g/mol.